The Kier molecular flexibility index (Phi) is 13.9. The van der Waals surface area contributed by atoms with Gasteiger partial charge in [0.1, 0.15) is 23.9 Å². The fourth-order valence-corrected chi connectivity index (χ4v) is 6.02. The van der Waals surface area contributed by atoms with Crippen LogP contribution < -0.4 is 14.8 Å². The minimum Gasteiger partial charge on any atom is -0.494 e. The molecule has 0 aliphatic carbocycles. The highest BCUT2D eigenvalue weighted by molar-refractivity contribution is 6.36. The number of hydrogen-bond acceptors (Lipinski definition) is 5. The fourth-order valence-electron chi connectivity index (χ4n) is 5.52. The second-order valence-corrected chi connectivity index (χ2v) is 13.3. The van der Waals surface area contributed by atoms with Crippen molar-refractivity contribution in [3.63, 3.8) is 0 Å². The number of aryl methyl sites for hydroxylation is 1. The summed E-state index contributed by atoms with van der Waals surface area (Å²) in [5, 5.41) is 13.4. The molecular formula is C42H43Cl2N3O5. The van der Waals surface area contributed by atoms with E-state index in [2.05, 4.69) is 23.7 Å². The fraction of sp³-hybridized carbons (Fsp3) is 0.262. The molecule has 0 aliphatic rings. The van der Waals surface area contributed by atoms with Crippen molar-refractivity contribution in [2.45, 2.75) is 65.1 Å². The standard InChI is InChI=1S/C42H43Cl2N3O5/c1-3-5-23-47-27-39(36-21-16-33(43)26-37(36)44)46-41(47)38(45-40(48)22-13-29-9-17-34(18-10-29)51-24-6-4-2)25-30-11-19-35(20-12-30)52-28-31-7-14-32(15-8-31)42(49)50/h7-22,26-27,38H,3-6,23-25,28H2,1-2H3,(H,45,48)(H,49,50)/b22-13+/t38-/m0/s1. The third kappa shape index (κ3) is 11.0. The summed E-state index contributed by atoms with van der Waals surface area (Å²) < 4.78 is 13.8. The smallest absolute Gasteiger partial charge is 0.335 e. The molecule has 0 saturated heterocycles. The number of carboxylic acids is 1. The lowest BCUT2D eigenvalue weighted by molar-refractivity contribution is -0.117. The first kappa shape index (κ1) is 38.2. The number of hydrogen-bond donors (Lipinski definition) is 2. The van der Waals surface area contributed by atoms with Crippen LogP contribution in [-0.2, 0) is 24.4 Å². The van der Waals surface area contributed by atoms with Crippen molar-refractivity contribution in [3.05, 3.63) is 141 Å². The third-order valence-electron chi connectivity index (χ3n) is 8.44. The number of unbranched alkanes of at least 4 members (excludes halogenated alkanes) is 2. The van der Waals surface area contributed by atoms with Crippen molar-refractivity contribution in [2.75, 3.05) is 6.61 Å². The van der Waals surface area contributed by atoms with Gasteiger partial charge in [-0.1, -0.05) is 86.3 Å². The number of carbonyl (C=O) groups is 2. The van der Waals surface area contributed by atoms with Crippen LogP contribution in [0.3, 0.4) is 0 Å². The van der Waals surface area contributed by atoms with E-state index < -0.39 is 12.0 Å². The number of halogens is 2. The van der Waals surface area contributed by atoms with Crippen LogP contribution in [0.15, 0.2) is 103 Å². The van der Waals surface area contributed by atoms with Crippen LogP contribution in [0.5, 0.6) is 11.5 Å². The second kappa shape index (κ2) is 19.0. The third-order valence-corrected chi connectivity index (χ3v) is 8.99. The van der Waals surface area contributed by atoms with E-state index in [0.717, 1.165) is 66.1 Å². The molecule has 1 atom stereocenters. The Labute approximate surface area is 315 Å². The molecule has 2 N–H and O–H groups in total. The summed E-state index contributed by atoms with van der Waals surface area (Å²) in [4.78, 5) is 29.7. The molecule has 8 nitrogen and oxygen atoms in total. The van der Waals surface area contributed by atoms with Crippen molar-refractivity contribution in [2.24, 2.45) is 0 Å². The van der Waals surface area contributed by atoms with Crippen LogP contribution in [0.2, 0.25) is 10.0 Å². The van der Waals surface area contributed by atoms with E-state index in [1.54, 1.807) is 42.5 Å². The molecule has 10 heteroatoms. The number of nitrogens with one attached hydrogen (secondary N) is 1. The first-order chi connectivity index (χ1) is 25.2. The Hall–Kier alpha value is -5.05. The molecule has 0 saturated carbocycles. The monoisotopic (exact) mass is 739 g/mol. The number of rotatable bonds is 18. The number of amides is 1. The Morgan fingerprint density at radius 3 is 2.21 bits per heavy atom. The van der Waals surface area contributed by atoms with Gasteiger partial charge in [-0.25, -0.2) is 9.78 Å². The first-order valence-corrected chi connectivity index (χ1v) is 18.3. The summed E-state index contributed by atoms with van der Waals surface area (Å²) in [6, 6.07) is 26.9. The zero-order valence-corrected chi connectivity index (χ0v) is 30.9. The summed E-state index contributed by atoms with van der Waals surface area (Å²) >= 11 is 12.8. The lowest BCUT2D eigenvalue weighted by Crippen LogP contribution is -2.30. The van der Waals surface area contributed by atoms with Crippen LogP contribution in [0.25, 0.3) is 17.3 Å². The number of nitrogens with zero attached hydrogens (tertiary/aromatic N) is 2. The number of aromatic nitrogens is 2. The highest BCUT2D eigenvalue weighted by atomic mass is 35.5. The summed E-state index contributed by atoms with van der Waals surface area (Å²) in [5.74, 6) is 0.967. The van der Waals surface area contributed by atoms with Gasteiger partial charge in [-0.15, -0.1) is 0 Å². The Morgan fingerprint density at radius 1 is 0.865 bits per heavy atom. The largest absolute Gasteiger partial charge is 0.494 e. The summed E-state index contributed by atoms with van der Waals surface area (Å²) in [6.07, 6.45) is 9.76. The Bertz CT molecular complexity index is 1960. The molecule has 0 aliphatic heterocycles. The number of carbonyl (C=O) groups excluding carboxylic acids is 1. The van der Waals surface area contributed by atoms with Crippen molar-refractivity contribution >= 4 is 41.2 Å². The van der Waals surface area contributed by atoms with E-state index in [4.69, 9.17) is 42.8 Å². The molecule has 5 aromatic rings. The summed E-state index contributed by atoms with van der Waals surface area (Å²) in [7, 11) is 0. The van der Waals surface area contributed by atoms with Gasteiger partial charge in [0, 0.05) is 29.4 Å². The van der Waals surface area contributed by atoms with Gasteiger partial charge in [0.2, 0.25) is 5.91 Å². The molecule has 0 spiro atoms. The lowest BCUT2D eigenvalue weighted by Gasteiger charge is -2.20. The van der Waals surface area contributed by atoms with E-state index >= 15 is 0 Å². The van der Waals surface area contributed by atoms with E-state index in [0.29, 0.717) is 41.1 Å². The molecule has 4 aromatic carbocycles. The van der Waals surface area contributed by atoms with Crippen LogP contribution in [0, 0.1) is 0 Å². The quantitative estimate of drug-likeness (QED) is 0.0685. The van der Waals surface area contributed by atoms with Crippen molar-refractivity contribution in [1.29, 1.82) is 0 Å². The Balaban J connectivity index is 1.37. The minimum atomic E-state index is -0.968. The molecule has 1 heterocycles. The molecule has 0 bridgehead atoms. The van der Waals surface area contributed by atoms with Gasteiger partial charge in [0.15, 0.2) is 0 Å². The maximum Gasteiger partial charge on any atom is 0.335 e. The molecule has 0 fully saturated rings. The van der Waals surface area contributed by atoms with Crippen molar-refractivity contribution in [3.8, 4) is 22.8 Å². The molecule has 5 rings (SSSR count). The minimum absolute atomic E-state index is 0.228. The molecule has 0 radical (unpaired) electrons. The zero-order valence-electron chi connectivity index (χ0n) is 29.4. The predicted octanol–water partition coefficient (Wildman–Crippen LogP) is 10.2. The predicted molar refractivity (Wildman–Crippen MR) is 207 cm³/mol. The molecule has 270 valence electrons. The van der Waals surface area contributed by atoms with Gasteiger partial charge in [0.05, 0.1) is 28.9 Å². The zero-order chi connectivity index (χ0) is 36.9. The maximum absolute atomic E-state index is 13.5. The SMILES string of the molecule is CCCCOc1ccc(/C=C/C(=O)N[C@@H](Cc2ccc(OCc3ccc(C(=O)O)cc3)cc2)c2nc(-c3ccc(Cl)cc3Cl)cn2CCCC)cc1. The molecule has 0 unspecified atom stereocenters. The van der Waals surface area contributed by atoms with Crippen molar-refractivity contribution in [1.82, 2.24) is 14.9 Å². The average Bonchev–Trinajstić information content (AvgIpc) is 3.57. The topological polar surface area (TPSA) is 103 Å². The number of ether oxygens (including phenoxy) is 2. The van der Waals surface area contributed by atoms with Crippen molar-refractivity contribution < 1.29 is 24.2 Å². The van der Waals surface area contributed by atoms with E-state index in [1.165, 1.54) is 6.08 Å². The molecule has 1 aromatic heterocycles. The highest BCUT2D eigenvalue weighted by Gasteiger charge is 2.23. The second-order valence-electron chi connectivity index (χ2n) is 12.5. The normalized spacial score (nSPS) is 11.8. The first-order valence-electron chi connectivity index (χ1n) is 17.5. The molecule has 1 amide bonds. The van der Waals surface area contributed by atoms with Gasteiger partial charge in [0.25, 0.3) is 0 Å². The van der Waals surface area contributed by atoms with E-state index in [9.17, 15) is 9.59 Å². The van der Waals surface area contributed by atoms with Crippen LogP contribution in [0.1, 0.15) is 78.4 Å². The summed E-state index contributed by atoms with van der Waals surface area (Å²) in [6.45, 7) is 5.95. The number of benzene rings is 4. The van der Waals surface area contributed by atoms with E-state index in [1.807, 2.05) is 60.8 Å². The maximum atomic E-state index is 13.5. The number of carboxylic acid groups (broad SMARTS) is 1. The van der Waals surface area contributed by atoms with Gasteiger partial charge in [-0.3, -0.25) is 4.79 Å². The van der Waals surface area contributed by atoms with Gasteiger partial charge in [-0.2, -0.15) is 0 Å². The number of imidazole rings is 1. The van der Waals surface area contributed by atoms with Gasteiger partial charge >= 0.3 is 5.97 Å². The van der Waals surface area contributed by atoms with Gasteiger partial charge < -0.3 is 24.5 Å². The van der Waals surface area contributed by atoms with Crippen LogP contribution in [-0.4, -0.2) is 33.1 Å². The highest BCUT2D eigenvalue weighted by Crippen LogP contribution is 2.32. The summed E-state index contributed by atoms with van der Waals surface area (Å²) in [5.41, 5.74) is 4.40. The van der Waals surface area contributed by atoms with Gasteiger partial charge in [-0.05, 0) is 96.6 Å². The average molecular weight is 741 g/mol. The molecular weight excluding hydrogens is 697 g/mol. The molecule has 52 heavy (non-hydrogen) atoms. The Morgan fingerprint density at radius 2 is 1.54 bits per heavy atom. The lowest BCUT2D eigenvalue weighted by atomic mass is 10.0. The van der Waals surface area contributed by atoms with Crippen LogP contribution in [0.4, 0.5) is 0 Å². The van der Waals surface area contributed by atoms with E-state index in [-0.39, 0.29) is 11.5 Å². The number of aromatic carboxylic acids is 1. The van der Waals surface area contributed by atoms with Crippen LogP contribution >= 0.6 is 23.2 Å².